The molecule has 0 radical (unpaired) electrons. The van der Waals surface area contributed by atoms with Crippen LogP contribution in [0.2, 0.25) is 0 Å². The Balaban J connectivity index is 1.39. The van der Waals surface area contributed by atoms with Crippen molar-refractivity contribution >= 4 is 11.9 Å². The maximum atomic E-state index is 13.1. The third-order valence-electron chi connectivity index (χ3n) is 5.22. The van der Waals surface area contributed by atoms with E-state index in [2.05, 4.69) is 15.3 Å². The van der Waals surface area contributed by atoms with Crippen molar-refractivity contribution in [1.82, 2.24) is 15.3 Å². The molecule has 1 atom stereocenters. The third kappa shape index (κ3) is 4.83. The summed E-state index contributed by atoms with van der Waals surface area (Å²) in [6, 6.07) is 7.13. The molecule has 2 aromatic rings. The zero-order valence-corrected chi connectivity index (χ0v) is 16.6. The van der Waals surface area contributed by atoms with Crippen LogP contribution in [-0.2, 0) is 6.18 Å². The number of aryl methyl sites for hydroxylation is 1. The van der Waals surface area contributed by atoms with E-state index in [0.29, 0.717) is 30.4 Å². The first-order valence-corrected chi connectivity index (χ1v) is 10.00. The Morgan fingerprint density at radius 3 is 2.73 bits per heavy atom. The van der Waals surface area contributed by atoms with Crippen molar-refractivity contribution in [1.29, 1.82) is 0 Å². The molecule has 2 heterocycles. The molecule has 1 aliphatic carbocycles. The largest absolute Gasteiger partial charge is 0.493 e. The van der Waals surface area contributed by atoms with Crippen molar-refractivity contribution < 1.29 is 22.7 Å². The minimum Gasteiger partial charge on any atom is -0.493 e. The number of anilines is 1. The quantitative estimate of drug-likeness (QED) is 0.774. The standard InChI is InChI=1S/C21H23F3N4O2/c1-13-10-17(19(29)26-15-6-7-15)27-20(25-13)28-9-8-14(11-28)12-30-18-5-3-2-4-16(18)21(22,23)24/h2-5,10,14-15H,6-9,11-12H2,1H3,(H,26,29)/t14-/m0/s1. The molecule has 2 aliphatic rings. The number of carbonyl (C=O) groups is 1. The van der Waals surface area contributed by atoms with Crippen LogP contribution in [0.3, 0.4) is 0 Å². The lowest BCUT2D eigenvalue weighted by Crippen LogP contribution is -2.29. The summed E-state index contributed by atoms with van der Waals surface area (Å²) in [6.45, 7) is 3.19. The van der Waals surface area contributed by atoms with Crippen LogP contribution in [0, 0.1) is 12.8 Å². The van der Waals surface area contributed by atoms with Crippen LogP contribution < -0.4 is 15.0 Å². The van der Waals surface area contributed by atoms with Gasteiger partial charge in [-0.1, -0.05) is 12.1 Å². The second kappa shape index (κ2) is 8.12. The van der Waals surface area contributed by atoms with Crippen molar-refractivity contribution in [3.63, 3.8) is 0 Å². The van der Waals surface area contributed by atoms with Gasteiger partial charge in [-0.05, 0) is 44.4 Å². The average Bonchev–Trinajstić information content (AvgIpc) is 3.38. The lowest BCUT2D eigenvalue weighted by molar-refractivity contribution is -0.139. The first kappa shape index (κ1) is 20.4. The van der Waals surface area contributed by atoms with Crippen LogP contribution in [-0.4, -0.2) is 41.6 Å². The van der Waals surface area contributed by atoms with Crippen molar-refractivity contribution in [2.24, 2.45) is 5.92 Å². The minimum absolute atomic E-state index is 0.0409. The molecule has 0 spiro atoms. The van der Waals surface area contributed by atoms with Crippen LogP contribution in [0.15, 0.2) is 30.3 Å². The van der Waals surface area contributed by atoms with Crippen LogP contribution in [0.4, 0.5) is 19.1 Å². The zero-order valence-electron chi connectivity index (χ0n) is 16.6. The third-order valence-corrected chi connectivity index (χ3v) is 5.22. The molecular formula is C21H23F3N4O2. The zero-order chi connectivity index (χ0) is 21.3. The fraction of sp³-hybridized carbons (Fsp3) is 0.476. The maximum absolute atomic E-state index is 13.1. The van der Waals surface area contributed by atoms with Gasteiger partial charge in [0.05, 0.1) is 12.2 Å². The van der Waals surface area contributed by atoms with Gasteiger partial charge in [0.15, 0.2) is 0 Å². The summed E-state index contributed by atoms with van der Waals surface area (Å²) in [7, 11) is 0. The van der Waals surface area contributed by atoms with E-state index in [1.165, 1.54) is 18.2 Å². The molecule has 0 unspecified atom stereocenters. The normalized spacial score (nSPS) is 19.1. The number of para-hydroxylation sites is 1. The van der Waals surface area contributed by atoms with Gasteiger partial charge in [0.1, 0.15) is 11.4 Å². The fourth-order valence-electron chi connectivity index (χ4n) is 3.48. The molecule has 1 N–H and O–H groups in total. The number of amides is 1. The summed E-state index contributed by atoms with van der Waals surface area (Å²) in [5, 5.41) is 2.92. The molecule has 9 heteroatoms. The van der Waals surface area contributed by atoms with Gasteiger partial charge in [-0.25, -0.2) is 9.97 Å². The van der Waals surface area contributed by atoms with Gasteiger partial charge in [0, 0.05) is 30.7 Å². The van der Waals surface area contributed by atoms with Gasteiger partial charge in [-0.15, -0.1) is 0 Å². The number of nitrogens with one attached hydrogen (secondary N) is 1. The van der Waals surface area contributed by atoms with E-state index in [9.17, 15) is 18.0 Å². The van der Waals surface area contributed by atoms with Crippen molar-refractivity contribution in [2.75, 3.05) is 24.6 Å². The maximum Gasteiger partial charge on any atom is 0.419 e. The van der Waals surface area contributed by atoms with Gasteiger partial charge < -0.3 is 15.0 Å². The Morgan fingerprint density at radius 2 is 2.00 bits per heavy atom. The van der Waals surface area contributed by atoms with Gasteiger partial charge >= 0.3 is 6.18 Å². The van der Waals surface area contributed by atoms with Crippen molar-refractivity contribution in [3.8, 4) is 5.75 Å². The lowest BCUT2D eigenvalue weighted by Gasteiger charge is -2.19. The second-order valence-electron chi connectivity index (χ2n) is 7.85. The van der Waals surface area contributed by atoms with Gasteiger partial charge in [0.25, 0.3) is 5.91 Å². The first-order chi connectivity index (χ1) is 14.3. The fourth-order valence-corrected chi connectivity index (χ4v) is 3.48. The summed E-state index contributed by atoms with van der Waals surface area (Å²) in [4.78, 5) is 23.1. The van der Waals surface area contributed by atoms with Gasteiger partial charge in [-0.2, -0.15) is 13.2 Å². The molecule has 1 aromatic carbocycles. The Labute approximate surface area is 172 Å². The lowest BCUT2D eigenvalue weighted by atomic mass is 10.1. The highest BCUT2D eigenvalue weighted by Crippen LogP contribution is 2.36. The Kier molecular flexibility index (Phi) is 5.53. The van der Waals surface area contributed by atoms with Gasteiger partial charge in [0.2, 0.25) is 5.95 Å². The highest BCUT2D eigenvalue weighted by molar-refractivity contribution is 5.93. The van der Waals surface area contributed by atoms with Crippen LogP contribution in [0.5, 0.6) is 5.75 Å². The number of benzene rings is 1. The molecule has 4 rings (SSSR count). The summed E-state index contributed by atoms with van der Waals surface area (Å²) < 4.78 is 44.9. The molecule has 6 nitrogen and oxygen atoms in total. The molecule has 1 aliphatic heterocycles. The molecule has 30 heavy (non-hydrogen) atoms. The number of hydrogen-bond donors (Lipinski definition) is 1. The summed E-state index contributed by atoms with van der Waals surface area (Å²) >= 11 is 0. The predicted octanol–water partition coefficient (Wildman–Crippen LogP) is 3.60. The molecular weight excluding hydrogens is 397 g/mol. The number of aromatic nitrogens is 2. The molecule has 1 saturated heterocycles. The summed E-state index contributed by atoms with van der Waals surface area (Å²) in [5.74, 6) is 0.148. The molecule has 160 valence electrons. The Hall–Kier alpha value is -2.84. The Morgan fingerprint density at radius 1 is 1.23 bits per heavy atom. The number of alkyl halides is 3. The number of halogens is 3. The molecule has 1 aromatic heterocycles. The molecule has 1 saturated carbocycles. The van der Waals surface area contributed by atoms with E-state index in [1.54, 1.807) is 6.07 Å². The SMILES string of the molecule is Cc1cc(C(=O)NC2CC2)nc(N2CC[C@H](COc3ccccc3C(F)(F)F)C2)n1. The molecule has 2 fully saturated rings. The number of rotatable bonds is 6. The highest BCUT2D eigenvalue weighted by Gasteiger charge is 2.34. The van der Waals surface area contributed by atoms with E-state index in [1.807, 2.05) is 11.8 Å². The monoisotopic (exact) mass is 420 g/mol. The number of nitrogens with zero attached hydrogens (tertiary/aromatic N) is 3. The number of carbonyl (C=O) groups excluding carboxylic acids is 1. The van der Waals surface area contributed by atoms with E-state index in [0.717, 1.165) is 25.3 Å². The van der Waals surface area contributed by atoms with Gasteiger partial charge in [-0.3, -0.25) is 4.79 Å². The van der Waals surface area contributed by atoms with E-state index >= 15 is 0 Å². The van der Waals surface area contributed by atoms with E-state index in [4.69, 9.17) is 4.74 Å². The van der Waals surface area contributed by atoms with E-state index < -0.39 is 11.7 Å². The van der Waals surface area contributed by atoms with Crippen LogP contribution in [0.1, 0.15) is 41.0 Å². The van der Waals surface area contributed by atoms with Crippen LogP contribution >= 0.6 is 0 Å². The first-order valence-electron chi connectivity index (χ1n) is 10.00. The predicted molar refractivity (Wildman–Crippen MR) is 105 cm³/mol. The number of ether oxygens (including phenoxy) is 1. The minimum atomic E-state index is -4.45. The van der Waals surface area contributed by atoms with Crippen molar-refractivity contribution in [3.05, 3.63) is 47.3 Å². The topological polar surface area (TPSA) is 67.4 Å². The molecule has 1 amide bonds. The van der Waals surface area contributed by atoms with E-state index in [-0.39, 0.29) is 30.2 Å². The second-order valence-corrected chi connectivity index (χ2v) is 7.85. The number of hydrogen-bond acceptors (Lipinski definition) is 5. The van der Waals surface area contributed by atoms with Crippen molar-refractivity contribution in [2.45, 2.75) is 38.4 Å². The smallest absolute Gasteiger partial charge is 0.419 e. The van der Waals surface area contributed by atoms with Crippen LogP contribution in [0.25, 0.3) is 0 Å². The summed E-state index contributed by atoms with van der Waals surface area (Å²) in [6.07, 6.45) is -1.72. The summed E-state index contributed by atoms with van der Waals surface area (Å²) in [5.41, 5.74) is 0.260. The Bertz CT molecular complexity index is 931. The highest BCUT2D eigenvalue weighted by atomic mass is 19.4. The molecule has 0 bridgehead atoms. The average molecular weight is 420 g/mol.